The van der Waals surface area contributed by atoms with Gasteiger partial charge in [0.25, 0.3) is 0 Å². The number of hydrogen-bond acceptors (Lipinski definition) is 1. The number of rotatable bonds is 7. The zero-order valence-electron chi connectivity index (χ0n) is 20.3. The summed E-state index contributed by atoms with van der Waals surface area (Å²) in [5.74, 6) is -0.0843. The van der Waals surface area contributed by atoms with Crippen LogP contribution < -0.4 is 15.9 Å². The van der Waals surface area contributed by atoms with Crippen LogP contribution in [0.4, 0.5) is 4.39 Å². The standard InChI is InChI=1S/C28H31FN2.C2H6/c1-20-7-2-3-10-24(20)28-27(29)25-11-4-5-12-26(25)31(28)19-22-15-13-21(14-16-22)17-18-30-23-8-6-9-23;1-2/h2-3,7,10-16,23,30H,4-6,8-9,17-19H2,1H3;1-2H3. The van der Waals surface area contributed by atoms with Crippen LogP contribution >= 0.6 is 0 Å². The lowest BCUT2D eigenvalue weighted by atomic mass is 9.93. The summed E-state index contributed by atoms with van der Waals surface area (Å²) in [6, 6.07) is 17.7. The molecule has 0 bridgehead atoms. The molecule has 0 unspecified atom stereocenters. The molecule has 2 aromatic carbocycles. The normalized spacial score (nSPS) is 14.9. The Morgan fingerprint density at radius 1 is 0.939 bits per heavy atom. The van der Waals surface area contributed by atoms with Crippen molar-refractivity contribution >= 4 is 12.2 Å². The van der Waals surface area contributed by atoms with E-state index in [1.807, 2.05) is 32.0 Å². The first-order valence-electron chi connectivity index (χ1n) is 12.7. The molecule has 0 atom stereocenters. The van der Waals surface area contributed by atoms with Crippen molar-refractivity contribution in [3.05, 3.63) is 81.6 Å². The van der Waals surface area contributed by atoms with Gasteiger partial charge in [-0.25, -0.2) is 4.39 Å². The van der Waals surface area contributed by atoms with Crippen LogP contribution in [0, 0.1) is 12.7 Å². The summed E-state index contributed by atoms with van der Waals surface area (Å²) in [4.78, 5) is 0. The molecule has 1 saturated carbocycles. The minimum absolute atomic E-state index is 0.0843. The molecule has 0 amide bonds. The van der Waals surface area contributed by atoms with Crippen LogP contribution in [-0.4, -0.2) is 17.2 Å². The van der Waals surface area contributed by atoms with Crippen LogP contribution in [0.15, 0.2) is 48.5 Å². The maximum Gasteiger partial charge on any atom is 0.156 e. The van der Waals surface area contributed by atoms with Crippen LogP contribution in [0.1, 0.15) is 62.6 Å². The van der Waals surface area contributed by atoms with Gasteiger partial charge in [0.15, 0.2) is 5.82 Å². The molecule has 0 aliphatic heterocycles. The van der Waals surface area contributed by atoms with E-state index in [9.17, 15) is 0 Å². The summed E-state index contributed by atoms with van der Waals surface area (Å²) in [5.41, 5.74) is 5.37. The molecule has 1 N–H and O–H groups in total. The minimum atomic E-state index is -0.0843. The summed E-state index contributed by atoms with van der Waals surface area (Å²) >= 11 is 0. The highest BCUT2D eigenvalue weighted by molar-refractivity contribution is 5.66. The molecule has 3 aromatic rings. The van der Waals surface area contributed by atoms with E-state index in [-0.39, 0.29) is 5.82 Å². The molecule has 2 aliphatic rings. The Labute approximate surface area is 197 Å². The monoisotopic (exact) mass is 444 g/mol. The zero-order chi connectivity index (χ0) is 23.2. The number of nitrogens with zero attached hydrogens (tertiary/aromatic N) is 1. The lowest BCUT2D eigenvalue weighted by Gasteiger charge is -2.26. The zero-order valence-corrected chi connectivity index (χ0v) is 20.3. The van der Waals surface area contributed by atoms with Crippen molar-refractivity contribution in [2.24, 2.45) is 0 Å². The number of aryl methyl sites for hydroxylation is 1. The largest absolute Gasteiger partial charge is 0.334 e. The van der Waals surface area contributed by atoms with Gasteiger partial charge in [-0.05, 0) is 62.3 Å². The first kappa shape index (κ1) is 23.5. The topological polar surface area (TPSA) is 17.0 Å². The van der Waals surface area contributed by atoms with Crippen LogP contribution in [0.25, 0.3) is 23.4 Å². The first-order valence-corrected chi connectivity index (χ1v) is 12.7. The van der Waals surface area contributed by atoms with Gasteiger partial charge in [0, 0.05) is 28.7 Å². The van der Waals surface area contributed by atoms with Crippen molar-refractivity contribution in [2.45, 2.75) is 71.9 Å². The van der Waals surface area contributed by atoms with Crippen LogP contribution in [0.5, 0.6) is 0 Å². The highest BCUT2D eigenvalue weighted by atomic mass is 19.1. The SMILES string of the molecule is CC.Cc1ccccc1-c1c(F)c2c(n1Cc1ccc(CCNC3CCC3)cc1)=CCCC=2. The summed E-state index contributed by atoms with van der Waals surface area (Å²) < 4.78 is 17.7. The molecular formula is C30H37FN2. The number of halogens is 1. The highest BCUT2D eigenvalue weighted by Gasteiger charge is 2.19. The molecule has 1 fully saturated rings. The van der Waals surface area contributed by atoms with Crippen LogP contribution in [0.2, 0.25) is 0 Å². The van der Waals surface area contributed by atoms with E-state index in [2.05, 4.69) is 59.3 Å². The molecular weight excluding hydrogens is 407 g/mol. The Hall–Kier alpha value is -2.65. The van der Waals surface area contributed by atoms with Crippen molar-refractivity contribution in [3.8, 4) is 11.3 Å². The van der Waals surface area contributed by atoms with E-state index < -0.39 is 0 Å². The number of fused-ring (bicyclic) bond motifs is 1. The molecule has 1 heterocycles. The molecule has 0 saturated heterocycles. The van der Waals surface area contributed by atoms with Gasteiger partial charge in [0.2, 0.25) is 0 Å². The second-order valence-corrected chi connectivity index (χ2v) is 9.00. The lowest BCUT2D eigenvalue weighted by molar-refractivity contribution is 0.342. The fourth-order valence-corrected chi connectivity index (χ4v) is 4.78. The van der Waals surface area contributed by atoms with Gasteiger partial charge in [0.1, 0.15) is 0 Å². The Morgan fingerprint density at radius 3 is 2.33 bits per heavy atom. The van der Waals surface area contributed by atoms with E-state index in [1.165, 1.54) is 30.4 Å². The van der Waals surface area contributed by atoms with Gasteiger partial charge in [-0.2, -0.15) is 0 Å². The third kappa shape index (κ3) is 5.14. The van der Waals surface area contributed by atoms with Crippen molar-refractivity contribution in [3.63, 3.8) is 0 Å². The maximum absolute atomic E-state index is 15.6. The average molecular weight is 445 g/mol. The third-order valence-corrected chi connectivity index (χ3v) is 6.85. The predicted octanol–water partition coefficient (Wildman–Crippen LogP) is 5.72. The van der Waals surface area contributed by atoms with Gasteiger partial charge in [0.05, 0.1) is 5.69 Å². The van der Waals surface area contributed by atoms with Gasteiger partial charge < -0.3 is 9.88 Å². The molecule has 33 heavy (non-hydrogen) atoms. The van der Waals surface area contributed by atoms with Gasteiger partial charge in [-0.1, -0.05) is 81.0 Å². The second-order valence-electron chi connectivity index (χ2n) is 9.00. The average Bonchev–Trinajstić information content (AvgIpc) is 3.10. The second kappa shape index (κ2) is 11.0. The minimum Gasteiger partial charge on any atom is -0.334 e. The van der Waals surface area contributed by atoms with E-state index in [4.69, 9.17) is 0 Å². The van der Waals surface area contributed by atoms with E-state index in [0.29, 0.717) is 12.2 Å². The molecule has 5 rings (SSSR count). The van der Waals surface area contributed by atoms with Crippen molar-refractivity contribution < 1.29 is 4.39 Å². The lowest BCUT2D eigenvalue weighted by Crippen LogP contribution is -2.36. The van der Waals surface area contributed by atoms with Gasteiger partial charge in [-0.15, -0.1) is 0 Å². The smallest absolute Gasteiger partial charge is 0.156 e. The summed E-state index contributed by atoms with van der Waals surface area (Å²) in [6.07, 6.45) is 11.2. The van der Waals surface area contributed by atoms with Crippen molar-refractivity contribution in [2.75, 3.05) is 6.54 Å². The third-order valence-electron chi connectivity index (χ3n) is 6.85. The Morgan fingerprint density at radius 2 is 1.64 bits per heavy atom. The Bertz CT molecular complexity index is 1180. The van der Waals surface area contributed by atoms with Crippen LogP contribution in [-0.2, 0) is 13.0 Å². The summed E-state index contributed by atoms with van der Waals surface area (Å²) in [7, 11) is 0. The van der Waals surface area contributed by atoms with E-state index >= 15 is 4.39 Å². The van der Waals surface area contributed by atoms with Crippen LogP contribution in [0.3, 0.4) is 0 Å². The summed E-state index contributed by atoms with van der Waals surface area (Å²) in [6.45, 7) is 7.79. The van der Waals surface area contributed by atoms with E-state index in [0.717, 1.165) is 53.5 Å². The van der Waals surface area contributed by atoms with E-state index in [1.54, 1.807) is 0 Å². The van der Waals surface area contributed by atoms with Gasteiger partial charge >= 0.3 is 0 Å². The Kier molecular flexibility index (Phi) is 7.82. The Balaban J connectivity index is 0.00000126. The molecule has 2 aliphatic carbocycles. The van der Waals surface area contributed by atoms with Crippen molar-refractivity contribution in [1.29, 1.82) is 0 Å². The molecule has 2 nitrogen and oxygen atoms in total. The summed E-state index contributed by atoms with van der Waals surface area (Å²) in [5, 5.41) is 5.43. The fraction of sp³-hybridized carbons (Fsp3) is 0.400. The number of hydrogen-bond donors (Lipinski definition) is 1. The van der Waals surface area contributed by atoms with Gasteiger partial charge in [-0.3, -0.25) is 0 Å². The first-order chi connectivity index (χ1) is 16.2. The fourth-order valence-electron chi connectivity index (χ4n) is 4.78. The highest BCUT2D eigenvalue weighted by Crippen LogP contribution is 2.25. The molecule has 1 aromatic heterocycles. The van der Waals surface area contributed by atoms with Crippen molar-refractivity contribution in [1.82, 2.24) is 9.88 Å². The maximum atomic E-state index is 15.6. The predicted molar refractivity (Wildman–Crippen MR) is 138 cm³/mol. The molecule has 3 heteroatoms. The number of aromatic nitrogens is 1. The molecule has 0 radical (unpaired) electrons. The number of nitrogens with one attached hydrogen (secondary N) is 1. The molecule has 0 spiro atoms. The number of benzene rings is 2. The quantitative estimate of drug-likeness (QED) is 0.493. The molecule has 174 valence electrons.